The summed E-state index contributed by atoms with van der Waals surface area (Å²) in [5, 5.41) is 6.63. The quantitative estimate of drug-likeness (QED) is 0.834. The van der Waals surface area contributed by atoms with Gasteiger partial charge in [0.15, 0.2) is 0 Å². The Labute approximate surface area is 118 Å². The number of hydrogen-bond acceptors (Lipinski definition) is 4. The summed E-state index contributed by atoms with van der Waals surface area (Å²) >= 11 is 0. The monoisotopic (exact) mass is 294 g/mol. The Hall–Kier alpha value is -1.86. The summed E-state index contributed by atoms with van der Waals surface area (Å²) < 4.78 is 26.4. The Balaban J connectivity index is 2.31. The molecule has 2 rings (SSSR count). The number of nitrogen functional groups attached to an aromatic ring is 1. The zero-order chi connectivity index (χ0) is 14.9. The predicted molar refractivity (Wildman–Crippen MR) is 77.6 cm³/mol. The van der Waals surface area contributed by atoms with Crippen molar-refractivity contribution >= 4 is 15.7 Å². The van der Waals surface area contributed by atoms with E-state index in [0.29, 0.717) is 17.1 Å². The third kappa shape index (κ3) is 2.68. The third-order valence-corrected chi connectivity index (χ3v) is 5.15. The molecule has 108 valence electrons. The zero-order valence-electron chi connectivity index (χ0n) is 11.7. The number of sulfonamides is 1. The lowest BCUT2D eigenvalue weighted by Crippen LogP contribution is -2.27. The van der Waals surface area contributed by atoms with Gasteiger partial charge in [0.05, 0.1) is 11.4 Å². The molecular formula is C13H18N4O2S. The number of aromatic amines is 1. The lowest BCUT2D eigenvalue weighted by molar-refractivity contribution is 0.466. The average Bonchev–Trinajstić information content (AvgIpc) is 2.69. The van der Waals surface area contributed by atoms with E-state index in [0.717, 1.165) is 5.56 Å². The molecule has 0 bridgehead atoms. The lowest BCUT2D eigenvalue weighted by atomic mass is 10.2. The van der Waals surface area contributed by atoms with E-state index in [1.165, 1.54) is 4.31 Å². The van der Waals surface area contributed by atoms with Crippen LogP contribution in [0, 0.1) is 13.8 Å². The van der Waals surface area contributed by atoms with Crippen LogP contribution in [0.5, 0.6) is 0 Å². The molecule has 20 heavy (non-hydrogen) atoms. The van der Waals surface area contributed by atoms with Crippen LogP contribution in [-0.2, 0) is 16.6 Å². The number of rotatable bonds is 4. The number of anilines is 1. The van der Waals surface area contributed by atoms with E-state index in [-0.39, 0.29) is 11.4 Å². The number of nitrogens with one attached hydrogen (secondary N) is 1. The van der Waals surface area contributed by atoms with Crippen LogP contribution in [0.1, 0.15) is 17.0 Å². The second kappa shape index (κ2) is 5.26. The van der Waals surface area contributed by atoms with E-state index in [1.807, 2.05) is 6.07 Å². The van der Waals surface area contributed by atoms with Gasteiger partial charge in [-0.05, 0) is 31.5 Å². The standard InChI is InChI=1S/C13H18N4O2S/c1-9-13(10(2)16-15-9)20(18,19)17(3)8-11-5-4-6-12(14)7-11/h4-7H,8,14H2,1-3H3,(H,15,16). The molecule has 1 aromatic carbocycles. The highest BCUT2D eigenvalue weighted by Gasteiger charge is 2.26. The molecule has 1 heterocycles. The van der Waals surface area contributed by atoms with Crippen LogP contribution in [-0.4, -0.2) is 30.0 Å². The van der Waals surface area contributed by atoms with E-state index in [9.17, 15) is 8.42 Å². The molecule has 0 fully saturated rings. The Bertz CT molecular complexity index is 702. The highest BCUT2D eigenvalue weighted by molar-refractivity contribution is 7.89. The molecule has 0 unspecified atom stereocenters. The van der Waals surface area contributed by atoms with Crippen LogP contribution in [0.15, 0.2) is 29.2 Å². The molecule has 0 aliphatic rings. The molecule has 0 spiro atoms. The van der Waals surface area contributed by atoms with Gasteiger partial charge in [-0.25, -0.2) is 8.42 Å². The number of nitrogens with two attached hydrogens (primary N) is 1. The number of nitrogens with zero attached hydrogens (tertiary/aromatic N) is 2. The Morgan fingerprint density at radius 2 is 2.05 bits per heavy atom. The minimum atomic E-state index is -3.57. The zero-order valence-corrected chi connectivity index (χ0v) is 12.5. The van der Waals surface area contributed by atoms with Gasteiger partial charge in [-0.3, -0.25) is 5.10 Å². The van der Waals surface area contributed by atoms with Crippen LogP contribution in [0.3, 0.4) is 0 Å². The third-order valence-electron chi connectivity index (χ3n) is 3.09. The summed E-state index contributed by atoms with van der Waals surface area (Å²) in [7, 11) is -2.02. The Morgan fingerprint density at radius 3 is 2.60 bits per heavy atom. The summed E-state index contributed by atoms with van der Waals surface area (Å²) in [5.41, 5.74) is 8.18. The van der Waals surface area contributed by atoms with E-state index in [4.69, 9.17) is 5.73 Å². The normalized spacial score (nSPS) is 12.0. The van der Waals surface area contributed by atoms with Crippen molar-refractivity contribution < 1.29 is 8.42 Å². The fraction of sp³-hybridized carbons (Fsp3) is 0.308. The van der Waals surface area contributed by atoms with Gasteiger partial charge < -0.3 is 5.73 Å². The van der Waals surface area contributed by atoms with Crippen molar-refractivity contribution in [2.24, 2.45) is 0 Å². The number of aromatic nitrogens is 2. The van der Waals surface area contributed by atoms with Gasteiger partial charge in [-0.1, -0.05) is 12.1 Å². The molecule has 0 radical (unpaired) electrons. The van der Waals surface area contributed by atoms with Gasteiger partial charge in [0, 0.05) is 19.3 Å². The van der Waals surface area contributed by atoms with Crippen molar-refractivity contribution in [3.8, 4) is 0 Å². The van der Waals surface area contributed by atoms with Crippen molar-refractivity contribution in [2.45, 2.75) is 25.3 Å². The average molecular weight is 294 g/mol. The molecule has 2 aromatic rings. The van der Waals surface area contributed by atoms with Gasteiger partial charge in [0.25, 0.3) is 0 Å². The van der Waals surface area contributed by atoms with Crippen LogP contribution in [0.4, 0.5) is 5.69 Å². The molecule has 0 atom stereocenters. The van der Waals surface area contributed by atoms with E-state index in [2.05, 4.69) is 10.2 Å². The van der Waals surface area contributed by atoms with Gasteiger partial charge in [-0.2, -0.15) is 9.40 Å². The number of H-pyrrole nitrogens is 1. The fourth-order valence-corrected chi connectivity index (χ4v) is 3.59. The first-order valence-electron chi connectivity index (χ1n) is 6.14. The van der Waals surface area contributed by atoms with Crippen molar-refractivity contribution in [3.63, 3.8) is 0 Å². The summed E-state index contributed by atoms with van der Waals surface area (Å²) in [5.74, 6) is 0. The van der Waals surface area contributed by atoms with E-state index >= 15 is 0 Å². The Kier molecular flexibility index (Phi) is 3.82. The molecular weight excluding hydrogens is 276 g/mol. The highest BCUT2D eigenvalue weighted by atomic mass is 32.2. The maximum atomic E-state index is 12.6. The summed E-state index contributed by atoms with van der Waals surface area (Å²) in [6.07, 6.45) is 0. The molecule has 0 aliphatic heterocycles. The smallest absolute Gasteiger partial charge is 0.246 e. The maximum Gasteiger partial charge on any atom is 0.246 e. The fourth-order valence-electron chi connectivity index (χ4n) is 2.11. The van der Waals surface area contributed by atoms with Gasteiger partial charge in [-0.15, -0.1) is 0 Å². The Morgan fingerprint density at radius 1 is 1.35 bits per heavy atom. The molecule has 3 N–H and O–H groups in total. The highest BCUT2D eigenvalue weighted by Crippen LogP contribution is 2.22. The number of hydrogen-bond donors (Lipinski definition) is 2. The van der Waals surface area contributed by atoms with Crippen LogP contribution in [0.2, 0.25) is 0 Å². The lowest BCUT2D eigenvalue weighted by Gasteiger charge is -2.17. The van der Waals surface area contributed by atoms with Crippen molar-refractivity contribution in [1.29, 1.82) is 0 Å². The first-order chi connectivity index (χ1) is 9.32. The topological polar surface area (TPSA) is 92.1 Å². The van der Waals surface area contributed by atoms with E-state index < -0.39 is 10.0 Å². The molecule has 1 aromatic heterocycles. The molecule has 7 heteroatoms. The largest absolute Gasteiger partial charge is 0.399 e. The number of aryl methyl sites for hydroxylation is 2. The summed E-state index contributed by atoms with van der Waals surface area (Å²) in [6.45, 7) is 3.63. The van der Waals surface area contributed by atoms with Crippen LogP contribution >= 0.6 is 0 Å². The van der Waals surface area contributed by atoms with Crippen LogP contribution < -0.4 is 5.73 Å². The molecule has 0 aliphatic carbocycles. The van der Waals surface area contributed by atoms with E-state index in [1.54, 1.807) is 39.1 Å². The van der Waals surface area contributed by atoms with Crippen molar-refractivity contribution in [1.82, 2.24) is 14.5 Å². The molecule has 0 saturated heterocycles. The SMILES string of the molecule is Cc1n[nH]c(C)c1S(=O)(=O)N(C)Cc1cccc(N)c1. The van der Waals surface area contributed by atoms with Gasteiger partial charge in [0.2, 0.25) is 10.0 Å². The van der Waals surface area contributed by atoms with Crippen molar-refractivity contribution in [3.05, 3.63) is 41.2 Å². The maximum absolute atomic E-state index is 12.6. The first kappa shape index (κ1) is 14.5. The molecule has 0 amide bonds. The molecule has 6 nitrogen and oxygen atoms in total. The minimum absolute atomic E-state index is 0.240. The molecule has 0 saturated carbocycles. The van der Waals surface area contributed by atoms with Crippen molar-refractivity contribution in [2.75, 3.05) is 12.8 Å². The summed E-state index contributed by atoms with van der Waals surface area (Å²) in [4.78, 5) is 0.240. The second-order valence-electron chi connectivity index (χ2n) is 4.77. The first-order valence-corrected chi connectivity index (χ1v) is 7.58. The second-order valence-corrected chi connectivity index (χ2v) is 6.75. The predicted octanol–water partition coefficient (Wildman–Crippen LogP) is 1.43. The van der Waals surface area contributed by atoms with Gasteiger partial charge in [0.1, 0.15) is 4.90 Å². The van der Waals surface area contributed by atoms with Gasteiger partial charge >= 0.3 is 0 Å². The summed E-state index contributed by atoms with van der Waals surface area (Å²) in [6, 6.07) is 7.18. The minimum Gasteiger partial charge on any atom is -0.399 e. The number of benzene rings is 1. The van der Waals surface area contributed by atoms with Crippen LogP contribution in [0.25, 0.3) is 0 Å².